The molecule has 2 heterocycles. The first-order valence-corrected chi connectivity index (χ1v) is 4.55. The lowest BCUT2D eigenvalue weighted by atomic mass is 10.3. The summed E-state index contributed by atoms with van der Waals surface area (Å²) in [5.41, 5.74) is 7.22. The number of nitrogens with zero attached hydrogens (tertiary/aromatic N) is 3. The zero-order valence-electron chi connectivity index (χ0n) is 7.06. The molecule has 0 bridgehead atoms. The van der Waals surface area contributed by atoms with Gasteiger partial charge in [-0.2, -0.15) is 4.37 Å². The average Bonchev–Trinajstić information content (AvgIpc) is 2.51. The van der Waals surface area contributed by atoms with Gasteiger partial charge in [0.15, 0.2) is 0 Å². The standard InChI is InChI=1S/C8H8N4S/c1-5-10-3-2-7(12-5)8-6(9)4-11-13-8/h2-4H,9H2,1H3. The molecule has 0 aromatic carbocycles. The SMILES string of the molecule is Cc1nccc(-c2sncc2N)n1. The second-order valence-corrected chi connectivity index (χ2v) is 3.40. The number of aryl methyl sites for hydroxylation is 1. The van der Waals surface area contributed by atoms with Gasteiger partial charge in [-0.25, -0.2) is 9.97 Å². The topological polar surface area (TPSA) is 64.7 Å². The zero-order chi connectivity index (χ0) is 9.26. The number of hydrogen-bond acceptors (Lipinski definition) is 5. The van der Waals surface area contributed by atoms with E-state index in [0.29, 0.717) is 5.69 Å². The Morgan fingerprint density at radius 2 is 2.31 bits per heavy atom. The predicted molar refractivity (Wildman–Crippen MR) is 52.3 cm³/mol. The van der Waals surface area contributed by atoms with Gasteiger partial charge in [-0.1, -0.05) is 0 Å². The van der Waals surface area contributed by atoms with Crippen molar-refractivity contribution in [3.63, 3.8) is 0 Å². The van der Waals surface area contributed by atoms with E-state index in [9.17, 15) is 0 Å². The minimum atomic E-state index is 0.670. The Morgan fingerprint density at radius 3 is 2.92 bits per heavy atom. The fraction of sp³-hybridized carbons (Fsp3) is 0.125. The lowest BCUT2D eigenvalue weighted by Crippen LogP contribution is -1.90. The second-order valence-electron chi connectivity index (χ2n) is 2.60. The van der Waals surface area contributed by atoms with E-state index < -0.39 is 0 Å². The van der Waals surface area contributed by atoms with Gasteiger partial charge >= 0.3 is 0 Å². The van der Waals surface area contributed by atoms with E-state index in [1.807, 2.05) is 13.0 Å². The largest absolute Gasteiger partial charge is 0.396 e. The Labute approximate surface area is 79.6 Å². The number of anilines is 1. The van der Waals surface area contributed by atoms with Crippen molar-refractivity contribution < 1.29 is 0 Å². The fourth-order valence-electron chi connectivity index (χ4n) is 1.02. The molecule has 0 unspecified atom stereocenters. The van der Waals surface area contributed by atoms with Crippen molar-refractivity contribution in [1.82, 2.24) is 14.3 Å². The molecule has 0 amide bonds. The van der Waals surface area contributed by atoms with Crippen LogP contribution in [0.5, 0.6) is 0 Å². The summed E-state index contributed by atoms with van der Waals surface area (Å²) in [6.45, 7) is 1.85. The van der Waals surface area contributed by atoms with Crippen LogP contribution in [0.3, 0.4) is 0 Å². The van der Waals surface area contributed by atoms with E-state index in [1.165, 1.54) is 11.5 Å². The molecule has 2 aromatic rings. The molecule has 0 fully saturated rings. The molecule has 0 saturated heterocycles. The van der Waals surface area contributed by atoms with Crippen molar-refractivity contribution in [2.75, 3.05) is 5.73 Å². The van der Waals surface area contributed by atoms with E-state index in [-0.39, 0.29) is 0 Å². The van der Waals surface area contributed by atoms with Crippen molar-refractivity contribution in [3.05, 3.63) is 24.3 Å². The highest BCUT2D eigenvalue weighted by Crippen LogP contribution is 2.27. The number of aromatic nitrogens is 3. The van der Waals surface area contributed by atoms with E-state index in [0.717, 1.165) is 16.4 Å². The number of rotatable bonds is 1. The first-order valence-electron chi connectivity index (χ1n) is 3.77. The van der Waals surface area contributed by atoms with Gasteiger partial charge in [0.1, 0.15) is 5.82 Å². The molecule has 0 saturated carbocycles. The Bertz CT molecular complexity index is 424. The van der Waals surface area contributed by atoms with Crippen LogP contribution in [0.25, 0.3) is 10.6 Å². The maximum Gasteiger partial charge on any atom is 0.125 e. The van der Waals surface area contributed by atoms with Crippen LogP contribution in [0.1, 0.15) is 5.82 Å². The minimum Gasteiger partial charge on any atom is -0.396 e. The molecule has 0 aliphatic heterocycles. The van der Waals surface area contributed by atoms with Crippen LogP contribution in [0.15, 0.2) is 18.5 Å². The molecule has 0 radical (unpaired) electrons. The maximum absolute atomic E-state index is 5.71. The predicted octanol–water partition coefficient (Wildman–Crippen LogP) is 1.49. The van der Waals surface area contributed by atoms with Crippen molar-refractivity contribution in [2.24, 2.45) is 0 Å². The van der Waals surface area contributed by atoms with E-state index >= 15 is 0 Å². The van der Waals surface area contributed by atoms with E-state index in [2.05, 4.69) is 14.3 Å². The molecule has 0 atom stereocenters. The monoisotopic (exact) mass is 192 g/mol. The summed E-state index contributed by atoms with van der Waals surface area (Å²) < 4.78 is 3.98. The van der Waals surface area contributed by atoms with Gasteiger partial charge in [-0.15, -0.1) is 0 Å². The summed E-state index contributed by atoms with van der Waals surface area (Å²) in [5, 5.41) is 0. The highest BCUT2D eigenvalue weighted by atomic mass is 32.1. The van der Waals surface area contributed by atoms with Crippen molar-refractivity contribution in [3.8, 4) is 10.6 Å². The molecule has 0 spiro atoms. The first kappa shape index (κ1) is 8.12. The number of hydrogen-bond donors (Lipinski definition) is 1. The minimum absolute atomic E-state index is 0.670. The summed E-state index contributed by atoms with van der Waals surface area (Å²) in [4.78, 5) is 9.18. The molecule has 2 N–H and O–H groups in total. The molecule has 4 nitrogen and oxygen atoms in total. The first-order chi connectivity index (χ1) is 6.27. The lowest BCUT2D eigenvalue weighted by Gasteiger charge is -1.97. The van der Waals surface area contributed by atoms with Crippen molar-refractivity contribution in [1.29, 1.82) is 0 Å². The van der Waals surface area contributed by atoms with Gasteiger partial charge in [0, 0.05) is 6.20 Å². The highest BCUT2D eigenvalue weighted by Gasteiger charge is 2.06. The Balaban J connectivity index is 2.53. The van der Waals surface area contributed by atoms with Crippen LogP contribution in [-0.4, -0.2) is 14.3 Å². The molecule has 66 valence electrons. The van der Waals surface area contributed by atoms with Gasteiger partial charge < -0.3 is 5.73 Å². The zero-order valence-corrected chi connectivity index (χ0v) is 7.88. The van der Waals surface area contributed by atoms with Crippen LogP contribution >= 0.6 is 11.5 Å². The Kier molecular flexibility index (Phi) is 1.94. The quantitative estimate of drug-likeness (QED) is 0.743. The average molecular weight is 192 g/mol. The van der Waals surface area contributed by atoms with Gasteiger partial charge in [-0.3, -0.25) is 0 Å². The van der Waals surface area contributed by atoms with Gasteiger partial charge in [0.2, 0.25) is 0 Å². The highest BCUT2D eigenvalue weighted by molar-refractivity contribution is 7.10. The fourth-order valence-corrected chi connectivity index (χ4v) is 1.66. The molecule has 0 aliphatic rings. The van der Waals surface area contributed by atoms with Crippen LogP contribution in [-0.2, 0) is 0 Å². The van der Waals surface area contributed by atoms with Gasteiger partial charge in [-0.05, 0) is 24.5 Å². The van der Waals surface area contributed by atoms with Gasteiger partial charge in [0.25, 0.3) is 0 Å². The van der Waals surface area contributed by atoms with Gasteiger partial charge in [0.05, 0.1) is 22.5 Å². The molecule has 0 aliphatic carbocycles. The third-order valence-corrected chi connectivity index (χ3v) is 2.44. The summed E-state index contributed by atoms with van der Waals surface area (Å²) in [7, 11) is 0. The summed E-state index contributed by atoms with van der Waals surface area (Å²) in [6, 6.07) is 1.83. The summed E-state index contributed by atoms with van der Waals surface area (Å²) in [5.74, 6) is 0.741. The van der Waals surface area contributed by atoms with E-state index in [1.54, 1.807) is 12.4 Å². The van der Waals surface area contributed by atoms with Crippen LogP contribution < -0.4 is 5.73 Å². The molecule has 13 heavy (non-hydrogen) atoms. The molecule has 5 heteroatoms. The number of nitrogen functional groups attached to an aromatic ring is 1. The smallest absolute Gasteiger partial charge is 0.125 e. The lowest BCUT2D eigenvalue weighted by molar-refractivity contribution is 1.06. The molecular formula is C8H8N4S. The van der Waals surface area contributed by atoms with Crippen LogP contribution in [0.2, 0.25) is 0 Å². The normalized spacial score (nSPS) is 10.2. The summed E-state index contributed by atoms with van der Waals surface area (Å²) >= 11 is 1.35. The molecular weight excluding hydrogens is 184 g/mol. The van der Waals surface area contributed by atoms with Crippen LogP contribution in [0, 0.1) is 6.92 Å². The van der Waals surface area contributed by atoms with E-state index in [4.69, 9.17) is 5.73 Å². The number of nitrogens with two attached hydrogens (primary N) is 1. The van der Waals surface area contributed by atoms with Crippen molar-refractivity contribution >= 4 is 17.2 Å². The third kappa shape index (κ3) is 1.50. The maximum atomic E-state index is 5.71. The third-order valence-electron chi connectivity index (χ3n) is 1.61. The summed E-state index contributed by atoms with van der Waals surface area (Å²) in [6.07, 6.45) is 3.36. The Morgan fingerprint density at radius 1 is 1.46 bits per heavy atom. The Hall–Kier alpha value is -1.49. The second kappa shape index (κ2) is 3.10. The van der Waals surface area contributed by atoms with Crippen molar-refractivity contribution in [2.45, 2.75) is 6.92 Å². The van der Waals surface area contributed by atoms with Crippen LogP contribution in [0.4, 0.5) is 5.69 Å². The molecule has 2 aromatic heterocycles. The molecule has 2 rings (SSSR count).